The molecule has 0 radical (unpaired) electrons. The number of allylic oxidation sites excluding steroid dienone is 16. The summed E-state index contributed by atoms with van der Waals surface area (Å²) in [5.41, 5.74) is 0. The van der Waals surface area contributed by atoms with Crippen LogP contribution < -0.4 is 5.11 Å². The van der Waals surface area contributed by atoms with E-state index in [0.29, 0.717) is 17.4 Å². The number of rotatable bonds is 61. The number of nitrogens with zero attached hydrogens (tertiary/aromatic N) is 1. The molecule has 0 aromatic heterocycles. The first-order chi connectivity index (χ1) is 39.6. The molecule has 0 amide bonds. The molecule has 0 rings (SSSR count). The SMILES string of the molecule is CC/C=C\C/C=C\C/C=C\C/C=C\CCCCCCCCCCCCCCCCCCCCCCCCC(=O)OC(COC(=O)CCCCCCCCCC/C=C\C/C=C\C/C=C\C/C=C\CC)COC(OCC[N+](C)(C)C)C(=O)[O-]. The van der Waals surface area contributed by atoms with Gasteiger partial charge < -0.3 is 33.3 Å². The van der Waals surface area contributed by atoms with Crippen LogP contribution in [-0.4, -0.2) is 82.3 Å². The van der Waals surface area contributed by atoms with E-state index in [1.54, 1.807) is 0 Å². The molecule has 0 bridgehead atoms. The molecule has 0 saturated carbocycles. The number of likely N-dealkylation sites (N-methyl/N-ethyl adjacent to an activating group) is 1. The van der Waals surface area contributed by atoms with Crippen molar-refractivity contribution in [1.82, 2.24) is 0 Å². The van der Waals surface area contributed by atoms with E-state index in [2.05, 4.69) is 111 Å². The van der Waals surface area contributed by atoms with Gasteiger partial charge in [0.2, 0.25) is 0 Å². The van der Waals surface area contributed by atoms with E-state index in [1.165, 1.54) is 154 Å². The number of carboxylic acid groups (broad SMARTS) is 1. The zero-order valence-electron chi connectivity index (χ0n) is 53.1. The molecular weight excluding hydrogens is 1010 g/mol. The van der Waals surface area contributed by atoms with Gasteiger partial charge in [-0.05, 0) is 89.9 Å². The molecule has 0 aliphatic heterocycles. The number of quaternary nitrogens is 1. The van der Waals surface area contributed by atoms with E-state index >= 15 is 0 Å². The van der Waals surface area contributed by atoms with Gasteiger partial charge >= 0.3 is 11.9 Å². The Morgan fingerprint density at radius 3 is 0.988 bits per heavy atom. The normalized spacial score (nSPS) is 13.3. The molecule has 0 saturated heterocycles. The Morgan fingerprint density at radius 1 is 0.370 bits per heavy atom. The Bertz CT molecular complexity index is 1650. The lowest BCUT2D eigenvalue weighted by Gasteiger charge is -2.26. The topological polar surface area (TPSA) is 111 Å². The van der Waals surface area contributed by atoms with E-state index < -0.39 is 24.3 Å². The van der Waals surface area contributed by atoms with Crippen LogP contribution >= 0.6 is 0 Å². The molecule has 0 aliphatic carbocycles. The maximum atomic E-state index is 12.9. The van der Waals surface area contributed by atoms with Gasteiger partial charge in [-0.3, -0.25) is 9.59 Å². The van der Waals surface area contributed by atoms with Gasteiger partial charge in [0.15, 0.2) is 12.4 Å². The molecule has 0 heterocycles. The van der Waals surface area contributed by atoms with Crippen molar-refractivity contribution in [3.05, 3.63) is 97.2 Å². The first-order valence-electron chi connectivity index (χ1n) is 33.4. The van der Waals surface area contributed by atoms with Crippen LogP contribution in [0.2, 0.25) is 0 Å². The minimum atomic E-state index is -1.63. The first-order valence-corrected chi connectivity index (χ1v) is 33.4. The van der Waals surface area contributed by atoms with E-state index in [9.17, 15) is 19.5 Å². The molecule has 9 heteroatoms. The number of carboxylic acids is 1. The van der Waals surface area contributed by atoms with Crippen LogP contribution in [0.15, 0.2) is 97.2 Å². The van der Waals surface area contributed by atoms with Crippen LogP contribution in [0.5, 0.6) is 0 Å². The number of hydrogen-bond donors (Lipinski definition) is 0. The third kappa shape index (κ3) is 63.6. The zero-order chi connectivity index (χ0) is 59.1. The lowest BCUT2D eigenvalue weighted by Crippen LogP contribution is -2.44. The summed E-state index contributed by atoms with van der Waals surface area (Å²) in [5, 5.41) is 11.8. The summed E-state index contributed by atoms with van der Waals surface area (Å²) in [6, 6.07) is 0. The predicted octanol–water partition coefficient (Wildman–Crippen LogP) is 19.1. The quantitative estimate of drug-likeness (QED) is 0.0195. The van der Waals surface area contributed by atoms with Gasteiger partial charge in [0, 0.05) is 12.8 Å². The van der Waals surface area contributed by atoms with Crippen LogP contribution in [0.3, 0.4) is 0 Å². The van der Waals surface area contributed by atoms with Gasteiger partial charge in [-0.15, -0.1) is 0 Å². The van der Waals surface area contributed by atoms with E-state index in [1.807, 2.05) is 21.1 Å². The maximum Gasteiger partial charge on any atom is 0.306 e. The van der Waals surface area contributed by atoms with Crippen molar-refractivity contribution in [3.8, 4) is 0 Å². The Balaban J connectivity index is 4.08. The Morgan fingerprint density at radius 2 is 0.667 bits per heavy atom. The molecule has 2 unspecified atom stereocenters. The van der Waals surface area contributed by atoms with Crippen LogP contribution in [0.4, 0.5) is 0 Å². The minimum absolute atomic E-state index is 0.144. The highest BCUT2D eigenvalue weighted by Gasteiger charge is 2.22. The highest BCUT2D eigenvalue weighted by atomic mass is 16.7. The van der Waals surface area contributed by atoms with Crippen molar-refractivity contribution in [3.63, 3.8) is 0 Å². The van der Waals surface area contributed by atoms with Crippen molar-refractivity contribution in [2.24, 2.45) is 0 Å². The van der Waals surface area contributed by atoms with Crippen LogP contribution in [0.1, 0.15) is 284 Å². The average Bonchev–Trinajstić information content (AvgIpc) is 3.44. The summed E-state index contributed by atoms with van der Waals surface area (Å²) in [7, 11) is 5.93. The maximum absolute atomic E-state index is 12.9. The highest BCUT2D eigenvalue weighted by molar-refractivity contribution is 5.70. The number of esters is 2. The molecule has 0 fully saturated rings. The van der Waals surface area contributed by atoms with E-state index in [4.69, 9.17) is 18.9 Å². The summed E-state index contributed by atoms with van der Waals surface area (Å²) in [6.45, 7) is 4.54. The fourth-order valence-electron chi connectivity index (χ4n) is 9.29. The van der Waals surface area contributed by atoms with Gasteiger partial charge in [0.25, 0.3) is 0 Å². The third-order valence-electron chi connectivity index (χ3n) is 14.3. The average molecular weight is 1130 g/mol. The molecule has 2 atom stereocenters. The van der Waals surface area contributed by atoms with Crippen LogP contribution in [-0.2, 0) is 33.3 Å². The van der Waals surface area contributed by atoms with Gasteiger partial charge in [0.1, 0.15) is 13.2 Å². The predicted molar refractivity (Wildman–Crippen MR) is 343 cm³/mol. The van der Waals surface area contributed by atoms with Crippen LogP contribution in [0, 0.1) is 0 Å². The molecule has 81 heavy (non-hydrogen) atoms. The summed E-state index contributed by atoms with van der Waals surface area (Å²) < 4.78 is 22.8. The van der Waals surface area contributed by atoms with Gasteiger partial charge in [-0.1, -0.05) is 278 Å². The number of hydrogen-bond acceptors (Lipinski definition) is 8. The second-order valence-electron chi connectivity index (χ2n) is 23.3. The number of aliphatic carboxylic acids is 1. The number of ether oxygens (including phenoxy) is 4. The van der Waals surface area contributed by atoms with Gasteiger partial charge in [-0.25, -0.2) is 0 Å². The molecule has 0 spiro atoms. The minimum Gasteiger partial charge on any atom is -0.545 e. The van der Waals surface area contributed by atoms with E-state index in [0.717, 1.165) is 96.3 Å². The first kappa shape index (κ1) is 77.2. The molecular formula is C72H125NO8. The van der Waals surface area contributed by atoms with Gasteiger partial charge in [-0.2, -0.15) is 0 Å². The second kappa shape index (κ2) is 62.3. The van der Waals surface area contributed by atoms with Crippen molar-refractivity contribution in [1.29, 1.82) is 0 Å². The zero-order valence-corrected chi connectivity index (χ0v) is 53.1. The molecule has 0 aromatic rings. The fourth-order valence-corrected chi connectivity index (χ4v) is 9.29. The fraction of sp³-hybridized carbons (Fsp3) is 0.736. The number of carbonyl (C=O) groups is 3. The van der Waals surface area contributed by atoms with Crippen LogP contribution in [0.25, 0.3) is 0 Å². The summed E-state index contributed by atoms with van der Waals surface area (Å²) >= 11 is 0. The molecule has 0 N–H and O–H groups in total. The molecule has 0 aliphatic rings. The Hall–Kier alpha value is -3.79. The van der Waals surface area contributed by atoms with Crippen molar-refractivity contribution >= 4 is 17.9 Å². The summed E-state index contributed by atoms with van der Waals surface area (Å²) in [6.07, 6.45) is 82.0. The third-order valence-corrected chi connectivity index (χ3v) is 14.3. The van der Waals surface area contributed by atoms with Crippen molar-refractivity contribution in [2.45, 2.75) is 296 Å². The summed E-state index contributed by atoms with van der Waals surface area (Å²) in [4.78, 5) is 37.4. The lowest BCUT2D eigenvalue weighted by atomic mass is 10.0. The largest absolute Gasteiger partial charge is 0.545 e. The standard InChI is InChI=1S/C72H125NO8/c1-6-8-10-12-14-16-18-20-22-24-26-28-29-30-31-32-33-34-35-36-37-38-39-40-41-43-45-47-49-51-53-55-57-59-61-63-70(75)81-68(67-80-72(71(76)77)78-65-64-73(3,4)5)66-79-69(74)62-60-58-56-54-52-50-48-46-44-42-27-25-23-21-19-17-15-13-11-9-7-2/h8-11,14-17,20-23,26-28,42,68,72H,6-7,12-13,18-19,24-25,29-41,43-67H2,1-5H3/b10-8-,11-9-,16-14-,17-15-,22-20-,23-21-,28-26-,42-27-. The van der Waals surface area contributed by atoms with Gasteiger partial charge in [0.05, 0.1) is 40.3 Å². The number of carbonyl (C=O) groups excluding carboxylic acids is 3. The highest BCUT2D eigenvalue weighted by Crippen LogP contribution is 2.17. The number of unbranched alkanes of at least 4 members (excludes halogenated alkanes) is 30. The van der Waals surface area contributed by atoms with Crippen molar-refractivity contribution < 1.29 is 42.9 Å². The Kier molecular flexibility index (Phi) is 59.3. The lowest BCUT2D eigenvalue weighted by molar-refractivity contribution is -0.870. The molecule has 466 valence electrons. The molecule has 9 nitrogen and oxygen atoms in total. The monoisotopic (exact) mass is 1130 g/mol. The van der Waals surface area contributed by atoms with Crippen molar-refractivity contribution in [2.75, 3.05) is 47.5 Å². The van der Waals surface area contributed by atoms with E-state index in [-0.39, 0.29) is 38.6 Å². The summed E-state index contributed by atoms with van der Waals surface area (Å²) in [5.74, 6) is -2.29. The Labute approximate surface area is 499 Å². The smallest absolute Gasteiger partial charge is 0.306 e. The molecule has 0 aromatic carbocycles. The second-order valence-corrected chi connectivity index (χ2v) is 23.3.